The van der Waals surface area contributed by atoms with E-state index in [0.29, 0.717) is 15.8 Å². The van der Waals surface area contributed by atoms with Crippen LogP contribution in [0.1, 0.15) is 31.4 Å². The zero-order valence-electron chi connectivity index (χ0n) is 14.9. The number of carbonyl (C=O) groups is 1. The molecule has 0 saturated heterocycles. The monoisotopic (exact) mass is 420 g/mol. The molecule has 0 spiro atoms. The van der Waals surface area contributed by atoms with Gasteiger partial charge in [-0.25, -0.2) is 9.97 Å². The maximum atomic E-state index is 12.1. The number of hydrogen-bond acceptors (Lipinski definition) is 6. The van der Waals surface area contributed by atoms with Gasteiger partial charge < -0.3 is 14.8 Å². The van der Waals surface area contributed by atoms with Crippen LogP contribution in [0.2, 0.25) is 10.0 Å². The minimum atomic E-state index is -0.212. The number of amides is 1. The lowest BCUT2D eigenvalue weighted by Crippen LogP contribution is -2.41. The second-order valence-electron chi connectivity index (χ2n) is 6.34. The van der Waals surface area contributed by atoms with Crippen molar-refractivity contribution < 1.29 is 14.3 Å². The highest BCUT2D eigenvalue weighted by atomic mass is 35.5. The number of nitrogens with one attached hydrogen (secondary N) is 1. The lowest BCUT2D eigenvalue weighted by Gasteiger charge is -2.29. The van der Waals surface area contributed by atoms with Gasteiger partial charge in [-0.1, -0.05) is 23.2 Å². The van der Waals surface area contributed by atoms with Gasteiger partial charge in [0.2, 0.25) is 5.69 Å². The highest BCUT2D eigenvalue weighted by Crippen LogP contribution is 2.27. The van der Waals surface area contributed by atoms with Crippen molar-refractivity contribution >= 4 is 29.1 Å². The molecule has 2 aromatic rings. The summed E-state index contributed by atoms with van der Waals surface area (Å²) < 4.78 is 11.2. The maximum Gasteiger partial charge on any atom is 0.258 e. The van der Waals surface area contributed by atoms with E-state index >= 15 is 0 Å². The summed E-state index contributed by atoms with van der Waals surface area (Å²) in [5.74, 6) is 0.456. The fourth-order valence-electron chi connectivity index (χ4n) is 2.98. The SMILES string of the molecule is N#Cc1nccnc1OC1CCC(NC(=O)COc2ccc(Cl)cc2Cl)CC1. The molecule has 7 nitrogen and oxygen atoms in total. The van der Waals surface area contributed by atoms with E-state index in [4.69, 9.17) is 37.9 Å². The van der Waals surface area contributed by atoms with E-state index in [1.807, 2.05) is 6.07 Å². The number of nitriles is 1. The fourth-order valence-corrected chi connectivity index (χ4v) is 3.44. The smallest absolute Gasteiger partial charge is 0.258 e. The Balaban J connectivity index is 1.42. The summed E-state index contributed by atoms with van der Waals surface area (Å²) in [6.45, 7) is -0.122. The Morgan fingerprint density at radius 1 is 1.21 bits per heavy atom. The van der Waals surface area contributed by atoms with Crippen LogP contribution in [0.3, 0.4) is 0 Å². The largest absolute Gasteiger partial charge is 0.482 e. The van der Waals surface area contributed by atoms with Gasteiger partial charge in [0.25, 0.3) is 11.8 Å². The van der Waals surface area contributed by atoms with Gasteiger partial charge in [-0.3, -0.25) is 4.79 Å². The molecule has 1 aromatic heterocycles. The quantitative estimate of drug-likeness (QED) is 0.767. The van der Waals surface area contributed by atoms with Crippen LogP contribution in [0.15, 0.2) is 30.6 Å². The molecule has 9 heteroatoms. The van der Waals surface area contributed by atoms with Crippen molar-refractivity contribution in [3.8, 4) is 17.7 Å². The van der Waals surface area contributed by atoms with Crippen molar-refractivity contribution in [2.45, 2.75) is 37.8 Å². The van der Waals surface area contributed by atoms with E-state index < -0.39 is 0 Å². The predicted molar refractivity (Wildman–Crippen MR) is 104 cm³/mol. The highest BCUT2D eigenvalue weighted by Gasteiger charge is 2.25. The zero-order chi connectivity index (χ0) is 19.9. The Hall–Kier alpha value is -2.56. The summed E-state index contributed by atoms with van der Waals surface area (Å²) in [6, 6.07) is 6.86. The van der Waals surface area contributed by atoms with Gasteiger partial charge in [0.1, 0.15) is 17.9 Å². The summed E-state index contributed by atoms with van der Waals surface area (Å²) in [7, 11) is 0. The Kier molecular flexibility index (Phi) is 6.90. The molecule has 1 saturated carbocycles. The summed E-state index contributed by atoms with van der Waals surface area (Å²) in [6.07, 6.45) is 5.92. The number of halogens is 2. The van der Waals surface area contributed by atoms with E-state index in [2.05, 4.69) is 15.3 Å². The molecule has 1 aliphatic carbocycles. The van der Waals surface area contributed by atoms with Crippen molar-refractivity contribution in [3.63, 3.8) is 0 Å². The number of rotatable bonds is 6. The molecule has 3 rings (SSSR count). The van der Waals surface area contributed by atoms with Crippen molar-refractivity contribution in [2.75, 3.05) is 6.61 Å². The summed E-state index contributed by atoms with van der Waals surface area (Å²) >= 11 is 11.9. The van der Waals surface area contributed by atoms with Crippen LogP contribution in [0.5, 0.6) is 11.6 Å². The van der Waals surface area contributed by atoms with Crippen LogP contribution in [0.4, 0.5) is 0 Å². The molecule has 0 radical (unpaired) electrons. The van der Waals surface area contributed by atoms with Crippen molar-refractivity contribution in [3.05, 3.63) is 46.3 Å². The minimum Gasteiger partial charge on any atom is -0.482 e. The molecule has 1 heterocycles. The molecule has 1 amide bonds. The van der Waals surface area contributed by atoms with Crippen molar-refractivity contribution in [1.29, 1.82) is 5.26 Å². The zero-order valence-corrected chi connectivity index (χ0v) is 16.4. The lowest BCUT2D eigenvalue weighted by atomic mass is 9.93. The first-order valence-electron chi connectivity index (χ1n) is 8.80. The van der Waals surface area contributed by atoms with E-state index in [1.54, 1.807) is 18.2 Å². The van der Waals surface area contributed by atoms with Crippen molar-refractivity contribution in [2.24, 2.45) is 0 Å². The number of hydrogen-bond donors (Lipinski definition) is 1. The third-order valence-corrected chi connectivity index (χ3v) is 4.87. The van der Waals surface area contributed by atoms with Gasteiger partial charge in [0.05, 0.1) is 5.02 Å². The molecule has 1 N–H and O–H groups in total. The molecule has 0 bridgehead atoms. The van der Waals surface area contributed by atoms with E-state index in [-0.39, 0.29) is 36.2 Å². The van der Waals surface area contributed by atoms with Crippen molar-refractivity contribution in [1.82, 2.24) is 15.3 Å². The number of aromatic nitrogens is 2. The van der Waals surface area contributed by atoms with Gasteiger partial charge >= 0.3 is 0 Å². The highest BCUT2D eigenvalue weighted by molar-refractivity contribution is 6.35. The third-order valence-electron chi connectivity index (χ3n) is 4.34. The summed E-state index contributed by atoms with van der Waals surface area (Å²) in [5.41, 5.74) is 0.177. The van der Waals surface area contributed by atoms with Gasteiger partial charge in [0, 0.05) is 23.5 Å². The second-order valence-corrected chi connectivity index (χ2v) is 7.19. The Bertz CT molecular complexity index is 880. The van der Waals surface area contributed by atoms with E-state index in [1.165, 1.54) is 12.4 Å². The summed E-state index contributed by atoms with van der Waals surface area (Å²) in [4.78, 5) is 20.1. The first-order chi connectivity index (χ1) is 13.5. The first kappa shape index (κ1) is 20.2. The average Bonchev–Trinajstić information content (AvgIpc) is 2.69. The van der Waals surface area contributed by atoms with Gasteiger partial charge in [-0.15, -0.1) is 0 Å². The number of ether oxygens (including phenoxy) is 2. The molecule has 146 valence electrons. The maximum absolute atomic E-state index is 12.1. The topological polar surface area (TPSA) is 97.1 Å². The van der Waals surface area contributed by atoms with Gasteiger partial charge in [0.15, 0.2) is 6.61 Å². The summed E-state index contributed by atoms with van der Waals surface area (Å²) in [5, 5.41) is 12.9. The van der Waals surface area contributed by atoms with Crippen LogP contribution in [0.25, 0.3) is 0 Å². The van der Waals surface area contributed by atoms with Gasteiger partial charge in [-0.05, 0) is 43.9 Å². The lowest BCUT2D eigenvalue weighted by molar-refractivity contribution is -0.124. The van der Waals surface area contributed by atoms with E-state index in [0.717, 1.165) is 25.7 Å². The predicted octanol–water partition coefficient (Wildman–Crippen LogP) is 3.54. The van der Waals surface area contributed by atoms with Crippen LogP contribution < -0.4 is 14.8 Å². The first-order valence-corrected chi connectivity index (χ1v) is 9.55. The Morgan fingerprint density at radius 3 is 2.68 bits per heavy atom. The van der Waals surface area contributed by atoms with Crippen LogP contribution in [-0.4, -0.2) is 34.6 Å². The number of nitrogens with zero attached hydrogens (tertiary/aromatic N) is 3. The second kappa shape index (κ2) is 9.58. The molecule has 0 atom stereocenters. The fraction of sp³-hybridized carbons (Fsp3) is 0.368. The molecule has 1 aliphatic rings. The normalized spacial score (nSPS) is 18.8. The molecule has 28 heavy (non-hydrogen) atoms. The minimum absolute atomic E-state index is 0.0499. The average molecular weight is 421 g/mol. The molecule has 1 aromatic carbocycles. The number of benzene rings is 1. The Labute approximate surface area is 172 Å². The van der Waals surface area contributed by atoms with Crippen LogP contribution in [0, 0.1) is 11.3 Å². The molecular formula is C19H18Cl2N4O3. The van der Waals surface area contributed by atoms with Crippen LogP contribution >= 0.6 is 23.2 Å². The molecule has 0 aliphatic heterocycles. The van der Waals surface area contributed by atoms with Crippen LogP contribution in [-0.2, 0) is 4.79 Å². The van der Waals surface area contributed by atoms with Gasteiger partial charge in [-0.2, -0.15) is 5.26 Å². The number of carbonyl (C=O) groups excluding carboxylic acids is 1. The molecule has 1 fully saturated rings. The third kappa shape index (κ3) is 5.47. The van der Waals surface area contributed by atoms with E-state index in [9.17, 15) is 4.79 Å². The Morgan fingerprint density at radius 2 is 1.96 bits per heavy atom. The molecular weight excluding hydrogens is 403 g/mol. The molecule has 0 unspecified atom stereocenters. The standard InChI is InChI=1S/C19H18Cl2N4O3/c20-12-1-6-17(15(21)9-12)27-11-18(26)25-13-2-4-14(5-3-13)28-19-16(10-22)23-7-8-24-19/h1,6-9,13-14H,2-5,11H2,(H,25,26).